The third kappa shape index (κ3) is 2.53. The zero-order chi connectivity index (χ0) is 14.2. The summed E-state index contributed by atoms with van der Waals surface area (Å²) in [5.74, 6) is -2.98. The van der Waals surface area contributed by atoms with Gasteiger partial charge in [-0.05, 0) is 31.2 Å². The lowest BCUT2D eigenvalue weighted by atomic mass is 9.87. The first kappa shape index (κ1) is 14.1. The summed E-state index contributed by atoms with van der Waals surface area (Å²) >= 11 is 3.15. The lowest BCUT2D eigenvalue weighted by Crippen LogP contribution is -2.26. The van der Waals surface area contributed by atoms with Crippen molar-refractivity contribution < 1.29 is 18.3 Å². The number of aliphatic hydroxyl groups is 1. The van der Waals surface area contributed by atoms with Gasteiger partial charge in [0, 0.05) is 15.6 Å². The van der Waals surface area contributed by atoms with Crippen LogP contribution in [0.3, 0.4) is 0 Å². The summed E-state index contributed by atoms with van der Waals surface area (Å²) in [6.45, 7) is 1.22. The van der Waals surface area contributed by atoms with E-state index in [0.717, 1.165) is 12.1 Å². The van der Waals surface area contributed by atoms with Crippen molar-refractivity contribution in [3.05, 3.63) is 69.4 Å². The Morgan fingerprint density at radius 2 is 1.68 bits per heavy atom. The third-order valence-corrected chi connectivity index (χ3v) is 3.42. The molecule has 1 N–H and O–H groups in total. The van der Waals surface area contributed by atoms with Crippen LogP contribution in [0.2, 0.25) is 0 Å². The minimum atomic E-state index is -1.97. The molecule has 1 atom stereocenters. The van der Waals surface area contributed by atoms with Crippen LogP contribution in [-0.4, -0.2) is 5.11 Å². The van der Waals surface area contributed by atoms with Crippen molar-refractivity contribution in [2.45, 2.75) is 12.5 Å². The summed E-state index contributed by atoms with van der Waals surface area (Å²) < 4.78 is 41.3. The molecule has 0 bridgehead atoms. The van der Waals surface area contributed by atoms with Gasteiger partial charge in [0.15, 0.2) is 11.6 Å². The van der Waals surface area contributed by atoms with Crippen LogP contribution in [0.25, 0.3) is 0 Å². The van der Waals surface area contributed by atoms with Gasteiger partial charge in [-0.2, -0.15) is 0 Å². The maximum atomic E-state index is 13.8. The maximum absolute atomic E-state index is 13.8. The topological polar surface area (TPSA) is 20.2 Å². The number of benzene rings is 2. The van der Waals surface area contributed by atoms with Crippen molar-refractivity contribution >= 4 is 15.9 Å². The zero-order valence-corrected chi connectivity index (χ0v) is 11.5. The largest absolute Gasteiger partial charge is 0.380 e. The summed E-state index contributed by atoms with van der Waals surface area (Å²) in [5.41, 5.74) is -2.42. The van der Waals surface area contributed by atoms with Crippen molar-refractivity contribution in [2.75, 3.05) is 0 Å². The molecule has 1 nitrogen and oxygen atoms in total. The predicted molar refractivity (Wildman–Crippen MR) is 69.1 cm³/mol. The fourth-order valence-corrected chi connectivity index (χ4v) is 2.26. The van der Waals surface area contributed by atoms with Crippen molar-refractivity contribution in [3.63, 3.8) is 0 Å². The highest BCUT2D eigenvalue weighted by Gasteiger charge is 2.32. The van der Waals surface area contributed by atoms with Crippen LogP contribution in [0.5, 0.6) is 0 Å². The Kier molecular flexibility index (Phi) is 3.69. The Balaban J connectivity index is 2.65. The second-order valence-electron chi connectivity index (χ2n) is 4.30. The quantitative estimate of drug-likeness (QED) is 0.878. The van der Waals surface area contributed by atoms with Crippen LogP contribution < -0.4 is 0 Å². The second kappa shape index (κ2) is 4.98. The van der Waals surface area contributed by atoms with Gasteiger partial charge in [0.05, 0.1) is 0 Å². The van der Waals surface area contributed by atoms with Gasteiger partial charge >= 0.3 is 0 Å². The Labute approximate surface area is 116 Å². The van der Waals surface area contributed by atoms with E-state index in [1.54, 1.807) is 0 Å². The monoisotopic (exact) mass is 330 g/mol. The minimum absolute atomic E-state index is 0.133. The summed E-state index contributed by atoms with van der Waals surface area (Å²) in [4.78, 5) is 0. The SMILES string of the molecule is CC(O)(c1cc(Br)ccc1F)c1cccc(F)c1F. The molecule has 0 aliphatic heterocycles. The van der Waals surface area contributed by atoms with Crippen molar-refractivity contribution in [3.8, 4) is 0 Å². The molecule has 0 heterocycles. The fourth-order valence-electron chi connectivity index (χ4n) is 1.90. The van der Waals surface area contributed by atoms with Crippen LogP contribution in [0, 0.1) is 17.5 Å². The van der Waals surface area contributed by atoms with Crippen LogP contribution in [-0.2, 0) is 5.60 Å². The molecule has 2 rings (SSSR count). The zero-order valence-electron chi connectivity index (χ0n) is 9.92. The van der Waals surface area contributed by atoms with Crippen molar-refractivity contribution in [2.24, 2.45) is 0 Å². The van der Waals surface area contributed by atoms with Crippen molar-refractivity contribution in [1.29, 1.82) is 0 Å². The van der Waals surface area contributed by atoms with E-state index < -0.39 is 23.1 Å². The lowest BCUT2D eigenvalue weighted by Gasteiger charge is -2.25. The summed E-state index contributed by atoms with van der Waals surface area (Å²) in [5, 5.41) is 10.4. The van der Waals surface area contributed by atoms with Crippen LogP contribution in [0.1, 0.15) is 18.1 Å². The average Bonchev–Trinajstić information content (AvgIpc) is 2.35. The fraction of sp³-hybridized carbons (Fsp3) is 0.143. The van der Waals surface area contributed by atoms with E-state index in [0.29, 0.717) is 4.47 Å². The Morgan fingerprint density at radius 1 is 1.00 bits per heavy atom. The molecule has 5 heteroatoms. The number of hydrogen-bond donors (Lipinski definition) is 1. The molecule has 0 aliphatic carbocycles. The Hall–Kier alpha value is -1.33. The van der Waals surface area contributed by atoms with Gasteiger partial charge in [0.25, 0.3) is 0 Å². The molecular weight excluding hydrogens is 321 g/mol. The van der Waals surface area contributed by atoms with Gasteiger partial charge in [0.1, 0.15) is 11.4 Å². The van der Waals surface area contributed by atoms with E-state index in [1.165, 1.54) is 31.2 Å². The minimum Gasteiger partial charge on any atom is -0.380 e. The molecule has 2 aromatic rings. The Bertz CT molecular complexity index is 622. The summed E-state index contributed by atoms with van der Waals surface area (Å²) in [6, 6.07) is 7.35. The molecule has 0 radical (unpaired) electrons. The van der Waals surface area contributed by atoms with Crippen LogP contribution in [0.15, 0.2) is 40.9 Å². The molecule has 0 aliphatic rings. The molecule has 19 heavy (non-hydrogen) atoms. The molecule has 1 unspecified atom stereocenters. The summed E-state index contributed by atoms with van der Waals surface area (Å²) in [6.07, 6.45) is 0. The van der Waals surface area contributed by atoms with Gasteiger partial charge in [-0.15, -0.1) is 0 Å². The highest BCUT2D eigenvalue weighted by atomic mass is 79.9. The molecule has 0 amide bonds. The second-order valence-corrected chi connectivity index (χ2v) is 5.21. The van der Waals surface area contributed by atoms with Crippen LogP contribution >= 0.6 is 15.9 Å². The molecule has 0 saturated heterocycles. The Morgan fingerprint density at radius 3 is 2.37 bits per heavy atom. The van der Waals surface area contributed by atoms with Crippen molar-refractivity contribution in [1.82, 2.24) is 0 Å². The van der Waals surface area contributed by atoms with E-state index in [9.17, 15) is 18.3 Å². The standard InChI is InChI=1S/C14H10BrF3O/c1-14(19,9-3-2-4-12(17)13(9)18)10-7-8(15)5-6-11(10)16/h2-7,19H,1H3. The molecular formula is C14H10BrF3O. The molecule has 0 saturated carbocycles. The van der Waals surface area contributed by atoms with E-state index in [2.05, 4.69) is 15.9 Å². The molecule has 0 aromatic heterocycles. The first-order valence-electron chi connectivity index (χ1n) is 5.46. The normalized spacial score (nSPS) is 14.2. The van der Waals surface area contributed by atoms with E-state index >= 15 is 0 Å². The maximum Gasteiger partial charge on any atom is 0.165 e. The van der Waals surface area contributed by atoms with Gasteiger partial charge in [0.2, 0.25) is 0 Å². The first-order valence-corrected chi connectivity index (χ1v) is 6.25. The molecule has 2 aromatic carbocycles. The third-order valence-electron chi connectivity index (χ3n) is 2.93. The van der Waals surface area contributed by atoms with Gasteiger partial charge < -0.3 is 5.11 Å². The number of halogens is 4. The molecule has 100 valence electrons. The highest BCUT2D eigenvalue weighted by molar-refractivity contribution is 9.10. The predicted octanol–water partition coefficient (Wildman–Crippen LogP) is 4.12. The average molecular weight is 331 g/mol. The summed E-state index contributed by atoms with van der Waals surface area (Å²) in [7, 11) is 0. The molecule has 0 spiro atoms. The van der Waals surface area contributed by atoms with E-state index in [-0.39, 0.29) is 11.1 Å². The smallest absolute Gasteiger partial charge is 0.165 e. The van der Waals surface area contributed by atoms with Gasteiger partial charge in [-0.3, -0.25) is 0 Å². The number of hydrogen-bond acceptors (Lipinski definition) is 1. The van der Waals surface area contributed by atoms with Gasteiger partial charge in [-0.1, -0.05) is 28.1 Å². The lowest BCUT2D eigenvalue weighted by molar-refractivity contribution is 0.0928. The highest BCUT2D eigenvalue weighted by Crippen LogP contribution is 2.34. The van der Waals surface area contributed by atoms with Gasteiger partial charge in [-0.25, -0.2) is 13.2 Å². The molecule has 0 fully saturated rings. The van der Waals surface area contributed by atoms with Crippen LogP contribution in [0.4, 0.5) is 13.2 Å². The first-order chi connectivity index (χ1) is 8.84. The van der Waals surface area contributed by atoms with E-state index in [1.807, 2.05) is 0 Å². The number of rotatable bonds is 2. The van der Waals surface area contributed by atoms with E-state index in [4.69, 9.17) is 0 Å².